The molecule has 0 unspecified atom stereocenters. The lowest BCUT2D eigenvalue weighted by Crippen LogP contribution is -2.42. The number of furan rings is 1. The molecule has 1 fully saturated rings. The van der Waals surface area contributed by atoms with E-state index in [0.717, 1.165) is 16.4 Å². The number of para-hydroxylation sites is 1. The van der Waals surface area contributed by atoms with Crippen LogP contribution in [0.15, 0.2) is 40.8 Å². The molecule has 0 aliphatic carbocycles. The molecule has 2 heterocycles. The predicted molar refractivity (Wildman–Crippen MR) is 128 cm³/mol. The zero-order valence-electron chi connectivity index (χ0n) is 19.4. The highest BCUT2D eigenvalue weighted by molar-refractivity contribution is 7.89. The van der Waals surface area contributed by atoms with Gasteiger partial charge in [-0.15, -0.1) is 0 Å². The Balaban J connectivity index is 1.41. The molecule has 1 aliphatic rings. The molecule has 1 atom stereocenters. The van der Waals surface area contributed by atoms with E-state index in [-0.39, 0.29) is 18.8 Å². The molecule has 182 valence electrons. The van der Waals surface area contributed by atoms with Gasteiger partial charge < -0.3 is 19.2 Å². The SMILES string of the molecule is CCS(=O)(=O)N1CCC(C(=O)O[C@H](C)C(=O)Nc2cc3oc4ccccc4c3cc2OC)CC1. The minimum Gasteiger partial charge on any atom is -0.495 e. The molecule has 1 saturated heterocycles. The normalized spacial score (nSPS) is 16.4. The van der Waals surface area contributed by atoms with Crippen molar-refractivity contribution in [2.75, 3.05) is 31.3 Å². The number of piperidine rings is 1. The summed E-state index contributed by atoms with van der Waals surface area (Å²) in [4.78, 5) is 25.3. The van der Waals surface area contributed by atoms with Gasteiger partial charge in [-0.05, 0) is 38.8 Å². The van der Waals surface area contributed by atoms with Crippen LogP contribution in [0.2, 0.25) is 0 Å². The van der Waals surface area contributed by atoms with Crippen molar-refractivity contribution in [1.29, 1.82) is 0 Å². The van der Waals surface area contributed by atoms with Gasteiger partial charge >= 0.3 is 5.97 Å². The summed E-state index contributed by atoms with van der Waals surface area (Å²) < 4.78 is 42.1. The quantitative estimate of drug-likeness (QED) is 0.506. The van der Waals surface area contributed by atoms with Crippen LogP contribution in [0.4, 0.5) is 5.69 Å². The van der Waals surface area contributed by atoms with E-state index in [0.29, 0.717) is 29.9 Å². The molecule has 0 radical (unpaired) electrons. The summed E-state index contributed by atoms with van der Waals surface area (Å²) in [6, 6.07) is 11.1. The van der Waals surface area contributed by atoms with E-state index >= 15 is 0 Å². The highest BCUT2D eigenvalue weighted by Crippen LogP contribution is 2.36. The number of amides is 1. The summed E-state index contributed by atoms with van der Waals surface area (Å²) in [5, 5.41) is 4.55. The second kappa shape index (κ2) is 9.63. The lowest BCUT2D eigenvalue weighted by molar-refractivity contribution is -0.158. The van der Waals surface area contributed by atoms with E-state index in [1.54, 1.807) is 19.1 Å². The monoisotopic (exact) mass is 488 g/mol. The molecular weight excluding hydrogens is 460 g/mol. The molecule has 4 rings (SSSR count). The van der Waals surface area contributed by atoms with Crippen molar-refractivity contribution in [3.8, 4) is 5.75 Å². The molecule has 34 heavy (non-hydrogen) atoms. The molecular formula is C24H28N2O7S. The number of nitrogens with zero attached hydrogens (tertiary/aromatic N) is 1. The van der Waals surface area contributed by atoms with Crippen LogP contribution in [-0.4, -0.2) is 56.7 Å². The maximum Gasteiger partial charge on any atom is 0.309 e. The van der Waals surface area contributed by atoms with E-state index in [9.17, 15) is 18.0 Å². The third-order valence-corrected chi connectivity index (χ3v) is 8.05. The minimum atomic E-state index is -3.27. The summed E-state index contributed by atoms with van der Waals surface area (Å²) in [6.07, 6.45) is -0.313. The molecule has 0 saturated carbocycles. The van der Waals surface area contributed by atoms with Crippen LogP contribution >= 0.6 is 0 Å². The fourth-order valence-corrected chi connectivity index (χ4v) is 5.26. The number of methoxy groups -OCH3 is 1. The Morgan fingerprint density at radius 3 is 2.53 bits per heavy atom. The van der Waals surface area contributed by atoms with Crippen molar-refractivity contribution in [1.82, 2.24) is 4.31 Å². The third-order valence-electron chi connectivity index (χ3n) is 6.16. The third kappa shape index (κ3) is 4.74. The number of esters is 1. The van der Waals surface area contributed by atoms with E-state index in [4.69, 9.17) is 13.9 Å². The van der Waals surface area contributed by atoms with Crippen LogP contribution < -0.4 is 10.1 Å². The van der Waals surface area contributed by atoms with Crippen LogP contribution in [0.1, 0.15) is 26.7 Å². The van der Waals surface area contributed by atoms with E-state index in [1.807, 2.05) is 24.3 Å². The van der Waals surface area contributed by atoms with E-state index in [1.165, 1.54) is 18.3 Å². The molecule has 1 N–H and O–H groups in total. The van der Waals surface area contributed by atoms with Crippen LogP contribution in [0.3, 0.4) is 0 Å². The Hall–Kier alpha value is -3.11. The van der Waals surface area contributed by atoms with Gasteiger partial charge in [0.25, 0.3) is 5.91 Å². The highest BCUT2D eigenvalue weighted by atomic mass is 32.2. The summed E-state index contributed by atoms with van der Waals surface area (Å²) in [6.45, 7) is 3.63. The van der Waals surface area contributed by atoms with Gasteiger partial charge in [-0.3, -0.25) is 9.59 Å². The van der Waals surface area contributed by atoms with Gasteiger partial charge in [0.1, 0.15) is 16.9 Å². The molecule has 1 amide bonds. The summed E-state index contributed by atoms with van der Waals surface area (Å²) in [5.41, 5.74) is 1.72. The summed E-state index contributed by atoms with van der Waals surface area (Å²) in [7, 11) is -1.77. The molecule has 3 aromatic rings. The molecule has 0 spiro atoms. The van der Waals surface area contributed by atoms with Gasteiger partial charge in [0.15, 0.2) is 6.10 Å². The lowest BCUT2D eigenvalue weighted by atomic mass is 9.98. The number of carbonyl (C=O) groups is 2. The fraction of sp³-hybridized carbons (Fsp3) is 0.417. The number of hydrogen-bond acceptors (Lipinski definition) is 7. The number of benzene rings is 2. The Labute approximate surface area is 198 Å². The molecule has 9 nitrogen and oxygen atoms in total. The van der Waals surface area contributed by atoms with Crippen molar-refractivity contribution in [3.63, 3.8) is 0 Å². The molecule has 1 aromatic heterocycles. The first-order valence-electron chi connectivity index (χ1n) is 11.2. The number of anilines is 1. The van der Waals surface area contributed by atoms with Crippen LogP contribution in [0.25, 0.3) is 21.9 Å². The average molecular weight is 489 g/mol. The maximum atomic E-state index is 12.8. The van der Waals surface area contributed by atoms with Crippen molar-refractivity contribution < 1.29 is 31.9 Å². The van der Waals surface area contributed by atoms with Crippen LogP contribution in [0, 0.1) is 5.92 Å². The topological polar surface area (TPSA) is 115 Å². The van der Waals surface area contributed by atoms with Gasteiger partial charge in [0, 0.05) is 29.9 Å². The number of fused-ring (bicyclic) bond motifs is 3. The number of nitrogens with one attached hydrogen (secondary N) is 1. The Morgan fingerprint density at radius 2 is 1.85 bits per heavy atom. The Kier molecular flexibility index (Phi) is 6.81. The van der Waals surface area contributed by atoms with Crippen LogP contribution in [-0.2, 0) is 24.3 Å². The van der Waals surface area contributed by atoms with Gasteiger partial charge in [-0.2, -0.15) is 0 Å². The summed E-state index contributed by atoms with van der Waals surface area (Å²) in [5.74, 6) is -0.970. The molecule has 2 aromatic carbocycles. The van der Waals surface area contributed by atoms with Gasteiger partial charge in [-0.25, -0.2) is 12.7 Å². The zero-order chi connectivity index (χ0) is 24.5. The first kappa shape index (κ1) is 24.0. The number of carbonyl (C=O) groups excluding carboxylic acids is 2. The fourth-order valence-electron chi connectivity index (χ4n) is 4.13. The van der Waals surface area contributed by atoms with Crippen molar-refractivity contribution >= 4 is 49.5 Å². The van der Waals surface area contributed by atoms with Crippen molar-refractivity contribution in [2.45, 2.75) is 32.8 Å². The van der Waals surface area contributed by atoms with E-state index in [2.05, 4.69) is 5.32 Å². The van der Waals surface area contributed by atoms with Gasteiger partial charge in [0.2, 0.25) is 10.0 Å². The second-order valence-electron chi connectivity index (χ2n) is 8.29. The Bertz CT molecular complexity index is 1320. The lowest BCUT2D eigenvalue weighted by Gasteiger charge is -2.30. The number of sulfonamides is 1. The number of hydrogen-bond donors (Lipinski definition) is 1. The maximum absolute atomic E-state index is 12.8. The van der Waals surface area contributed by atoms with Crippen molar-refractivity contribution in [3.05, 3.63) is 36.4 Å². The first-order valence-corrected chi connectivity index (χ1v) is 12.8. The first-order chi connectivity index (χ1) is 16.2. The van der Waals surface area contributed by atoms with E-state index < -0.39 is 33.9 Å². The molecule has 10 heteroatoms. The average Bonchev–Trinajstić information content (AvgIpc) is 3.20. The minimum absolute atomic E-state index is 0.0304. The standard InChI is InChI=1S/C24H28N2O7S/c1-4-34(29,30)26-11-9-16(10-12-26)24(28)32-15(2)23(27)25-19-14-21-18(13-22(19)31-3)17-7-5-6-8-20(17)33-21/h5-8,13-16H,4,9-12H2,1-3H3,(H,25,27)/t15-/m1/s1. The van der Waals surface area contributed by atoms with Gasteiger partial charge in [-0.1, -0.05) is 18.2 Å². The second-order valence-corrected chi connectivity index (χ2v) is 10.5. The summed E-state index contributed by atoms with van der Waals surface area (Å²) >= 11 is 0. The molecule has 1 aliphatic heterocycles. The highest BCUT2D eigenvalue weighted by Gasteiger charge is 2.32. The zero-order valence-corrected chi connectivity index (χ0v) is 20.2. The van der Waals surface area contributed by atoms with Crippen LogP contribution in [0.5, 0.6) is 5.75 Å². The predicted octanol–water partition coefficient (Wildman–Crippen LogP) is 3.53. The number of rotatable bonds is 7. The van der Waals surface area contributed by atoms with Crippen molar-refractivity contribution in [2.24, 2.45) is 5.92 Å². The molecule has 0 bridgehead atoms. The smallest absolute Gasteiger partial charge is 0.309 e. The Morgan fingerprint density at radius 1 is 1.15 bits per heavy atom. The largest absolute Gasteiger partial charge is 0.495 e. The number of ether oxygens (including phenoxy) is 2. The van der Waals surface area contributed by atoms with Gasteiger partial charge in [0.05, 0.1) is 24.5 Å².